The van der Waals surface area contributed by atoms with Gasteiger partial charge in [0.1, 0.15) is 0 Å². The SMILES string of the molecule is CN(C)c1ccc(/C=C/C(=O)N(CCO)CCO)cc1. The summed E-state index contributed by atoms with van der Waals surface area (Å²) < 4.78 is 0. The number of benzene rings is 1. The zero-order valence-electron chi connectivity index (χ0n) is 12.0. The molecule has 0 fully saturated rings. The Morgan fingerprint density at radius 1 is 1.10 bits per heavy atom. The highest BCUT2D eigenvalue weighted by molar-refractivity contribution is 5.91. The molecule has 5 nitrogen and oxygen atoms in total. The van der Waals surface area contributed by atoms with Crippen molar-refractivity contribution in [3.05, 3.63) is 35.9 Å². The second-order valence-electron chi connectivity index (χ2n) is 4.59. The number of carbonyl (C=O) groups excluding carboxylic acids is 1. The van der Waals surface area contributed by atoms with Gasteiger partial charge in [-0.05, 0) is 23.8 Å². The van der Waals surface area contributed by atoms with Crippen LogP contribution in [-0.2, 0) is 4.79 Å². The van der Waals surface area contributed by atoms with Crippen molar-refractivity contribution >= 4 is 17.7 Å². The summed E-state index contributed by atoms with van der Waals surface area (Å²) in [7, 11) is 3.94. The van der Waals surface area contributed by atoms with Crippen molar-refractivity contribution < 1.29 is 15.0 Å². The molecule has 2 N–H and O–H groups in total. The molecule has 1 amide bonds. The highest BCUT2D eigenvalue weighted by atomic mass is 16.3. The maximum absolute atomic E-state index is 11.9. The highest BCUT2D eigenvalue weighted by Gasteiger charge is 2.08. The Balaban J connectivity index is 2.67. The normalized spacial score (nSPS) is 10.8. The summed E-state index contributed by atoms with van der Waals surface area (Å²) in [6.07, 6.45) is 3.18. The molecule has 1 rings (SSSR count). The van der Waals surface area contributed by atoms with E-state index in [1.54, 1.807) is 6.08 Å². The van der Waals surface area contributed by atoms with Crippen molar-refractivity contribution in [1.29, 1.82) is 0 Å². The van der Waals surface area contributed by atoms with Crippen LogP contribution in [0, 0.1) is 0 Å². The smallest absolute Gasteiger partial charge is 0.246 e. The minimum Gasteiger partial charge on any atom is -0.395 e. The van der Waals surface area contributed by atoms with Gasteiger partial charge in [0.25, 0.3) is 0 Å². The summed E-state index contributed by atoms with van der Waals surface area (Å²) in [6, 6.07) is 7.82. The standard InChI is InChI=1S/C15H22N2O3/c1-16(2)14-6-3-13(4-7-14)5-8-15(20)17(9-11-18)10-12-19/h3-8,18-19H,9-12H2,1-2H3/b8-5+. The van der Waals surface area contributed by atoms with Gasteiger partial charge < -0.3 is 20.0 Å². The molecule has 0 heterocycles. The van der Waals surface area contributed by atoms with Crippen LogP contribution < -0.4 is 4.90 Å². The van der Waals surface area contributed by atoms with Crippen molar-refractivity contribution in [2.24, 2.45) is 0 Å². The van der Waals surface area contributed by atoms with Gasteiger partial charge in [0.05, 0.1) is 13.2 Å². The Bertz CT molecular complexity index is 435. The summed E-state index contributed by atoms with van der Waals surface area (Å²) in [5.74, 6) is -0.218. The molecular formula is C15H22N2O3. The molecule has 0 saturated carbocycles. The van der Waals surface area contributed by atoms with Crippen LogP contribution in [0.3, 0.4) is 0 Å². The first-order valence-corrected chi connectivity index (χ1v) is 6.54. The first kappa shape index (κ1) is 16.2. The average Bonchev–Trinajstić information content (AvgIpc) is 2.45. The van der Waals surface area contributed by atoms with Crippen LogP contribution in [0.1, 0.15) is 5.56 Å². The number of nitrogens with zero attached hydrogens (tertiary/aromatic N) is 2. The summed E-state index contributed by atoms with van der Waals surface area (Å²) in [5.41, 5.74) is 2.02. The second kappa shape index (κ2) is 8.35. The first-order chi connectivity index (χ1) is 9.58. The third-order valence-electron chi connectivity index (χ3n) is 2.88. The van der Waals surface area contributed by atoms with Crippen LogP contribution in [0.4, 0.5) is 5.69 Å². The van der Waals surface area contributed by atoms with E-state index < -0.39 is 0 Å². The lowest BCUT2D eigenvalue weighted by molar-refractivity contribution is -0.126. The number of aliphatic hydroxyl groups excluding tert-OH is 2. The van der Waals surface area contributed by atoms with Crippen LogP contribution in [0.5, 0.6) is 0 Å². The Morgan fingerprint density at radius 2 is 1.65 bits per heavy atom. The number of carbonyl (C=O) groups is 1. The largest absolute Gasteiger partial charge is 0.395 e. The fourth-order valence-corrected chi connectivity index (χ4v) is 1.73. The van der Waals surface area contributed by atoms with E-state index in [9.17, 15) is 4.79 Å². The molecular weight excluding hydrogens is 256 g/mol. The Labute approximate surface area is 119 Å². The van der Waals surface area contributed by atoms with E-state index in [0.717, 1.165) is 11.3 Å². The summed E-state index contributed by atoms with van der Waals surface area (Å²) in [4.78, 5) is 15.3. The summed E-state index contributed by atoms with van der Waals surface area (Å²) >= 11 is 0. The fourth-order valence-electron chi connectivity index (χ4n) is 1.73. The van der Waals surface area contributed by atoms with Gasteiger partial charge in [-0.25, -0.2) is 0 Å². The van der Waals surface area contributed by atoms with Gasteiger partial charge in [0.15, 0.2) is 0 Å². The van der Waals surface area contributed by atoms with Crippen molar-refractivity contribution in [3.63, 3.8) is 0 Å². The zero-order valence-corrected chi connectivity index (χ0v) is 12.0. The second-order valence-corrected chi connectivity index (χ2v) is 4.59. The molecule has 0 spiro atoms. The molecule has 0 atom stereocenters. The topological polar surface area (TPSA) is 64.0 Å². The van der Waals surface area contributed by atoms with E-state index in [1.165, 1.54) is 11.0 Å². The van der Waals surface area contributed by atoms with Crippen molar-refractivity contribution in [3.8, 4) is 0 Å². The maximum Gasteiger partial charge on any atom is 0.246 e. The molecule has 1 aromatic carbocycles. The lowest BCUT2D eigenvalue weighted by Gasteiger charge is -2.18. The van der Waals surface area contributed by atoms with E-state index >= 15 is 0 Å². The molecule has 20 heavy (non-hydrogen) atoms. The van der Waals surface area contributed by atoms with Gasteiger partial charge in [0.2, 0.25) is 5.91 Å². The Kier molecular flexibility index (Phi) is 6.76. The van der Waals surface area contributed by atoms with Crippen LogP contribution in [0.15, 0.2) is 30.3 Å². The van der Waals surface area contributed by atoms with Gasteiger partial charge in [-0.15, -0.1) is 0 Å². The molecule has 0 aliphatic heterocycles. The van der Waals surface area contributed by atoms with Crippen LogP contribution in [0.2, 0.25) is 0 Å². The van der Waals surface area contributed by atoms with Crippen molar-refractivity contribution in [1.82, 2.24) is 4.90 Å². The third kappa shape index (κ3) is 5.03. The monoisotopic (exact) mass is 278 g/mol. The van der Waals surface area contributed by atoms with Gasteiger partial charge in [-0.2, -0.15) is 0 Å². The van der Waals surface area contributed by atoms with Crippen LogP contribution >= 0.6 is 0 Å². The van der Waals surface area contributed by atoms with E-state index in [0.29, 0.717) is 0 Å². The molecule has 110 valence electrons. The van der Waals surface area contributed by atoms with Crippen molar-refractivity contribution in [2.45, 2.75) is 0 Å². The number of hydrogen-bond acceptors (Lipinski definition) is 4. The van der Waals surface area contributed by atoms with Gasteiger partial charge >= 0.3 is 0 Å². The lowest BCUT2D eigenvalue weighted by Crippen LogP contribution is -2.34. The molecule has 0 unspecified atom stereocenters. The summed E-state index contributed by atoms with van der Waals surface area (Å²) in [5, 5.41) is 17.8. The highest BCUT2D eigenvalue weighted by Crippen LogP contribution is 2.13. The molecule has 5 heteroatoms. The minimum atomic E-state index is -0.218. The molecule has 1 aromatic rings. The Morgan fingerprint density at radius 3 is 2.10 bits per heavy atom. The van der Waals surface area contributed by atoms with Crippen molar-refractivity contribution in [2.75, 3.05) is 45.3 Å². The maximum atomic E-state index is 11.9. The number of amides is 1. The van der Waals surface area contributed by atoms with Gasteiger partial charge in [0, 0.05) is 38.9 Å². The minimum absolute atomic E-state index is 0.114. The van der Waals surface area contributed by atoms with Crippen LogP contribution in [-0.4, -0.2) is 61.4 Å². The molecule has 0 aliphatic carbocycles. The molecule has 0 saturated heterocycles. The predicted molar refractivity (Wildman–Crippen MR) is 80.6 cm³/mol. The lowest BCUT2D eigenvalue weighted by atomic mass is 10.2. The van der Waals surface area contributed by atoms with Crippen LogP contribution in [0.25, 0.3) is 6.08 Å². The third-order valence-corrected chi connectivity index (χ3v) is 2.88. The number of aliphatic hydroxyl groups is 2. The molecule has 0 bridgehead atoms. The first-order valence-electron chi connectivity index (χ1n) is 6.54. The quantitative estimate of drug-likeness (QED) is 0.716. The van der Waals surface area contributed by atoms with E-state index in [1.807, 2.05) is 43.3 Å². The molecule has 0 radical (unpaired) electrons. The number of hydrogen-bond donors (Lipinski definition) is 2. The van der Waals surface area contributed by atoms with E-state index in [2.05, 4.69) is 0 Å². The summed E-state index contributed by atoms with van der Waals surface area (Å²) in [6.45, 7) is 0.223. The number of anilines is 1. The Hall–Kier alpha value is -1.85. The van der Waals surface area contributed by atoms with Gasteiger partial charge in [-0.1, -0.05) is 12.1 Å². The van der Waals surface area contributed by atoms with Gasteiger partial charge in [-0.3, -0.25) is 4.79 Å². The zero-order chi connectivity index (χ0) is 15.0. The molecule has 0 aromatic heterocycles. The average molecular weight is 278 g/mol. The fraction of sp³-hybridized carbons (Fsp3) is 0.400. The van der Waals surface area contributed by atoms with E-state index in [-0.39, 0.29) is 32.2 Å². The number of rotatable bonds is 7. The molecule has 0 aliphatic rings. The van der Waals surface area contributed by atoms with E-state index in [4.69, 9.17) is 10.2 Å². The predicted octanol–water partition coefficient (Wildman–Crippen LogP) is 0.579.